The number of hydrogen-bond donors (Lipinski definition) is 1. The Morgan fingerprint density at radius 2 is 2.43 bits per heavy atom. The number of thiazole rings is 1. The number of aliphatic hydroxyl groups is 1. The molecule has 0 saturated carbocycles. The molecule has 74 valence electrons. The van der Waals surface area contributed by atoms with Crippen molar-refractivity contribution in [3.05, 3.63) is 26.0 Å². The van der Waals surface area contributed by atoms with Crippen LogP contribution in [0.2, 0.25) is 5.15 Å². The van der Waals surface area contributed by atoms with Gasteiger partial charge >= 0.3 is 0 Å². The molecule has 1 N–H and O–H groups in total. The first-order valence-corrected chi connectivity index (χ1v) is 5.94. The van der Waals surface area contributed by atoms with E-state index >= 15 is 0 Å². The number of rotatable bonds is 2. The van der Waals surface area contributed by atoms with E-state index in [0.29, 0.717) is 15.2 Å². The minimum Gasteiger partial charge on any atom is -0.391 e. The molecule has 0 spiro atoms. The molecule has 2 heterocycles. The van der Waals surface area contributed by atoms with Crippen molar-refractivity contribution < 1.29 is 5.11 Å². The number of hydrogen-bond acceptors (Lipinski definition) is 4. The van der Waals surface area contributed by atoms with Gasteiger partial charge in [0.2, 0.25) is 5.13 Å². The molecule has 0 aliphatic carbocycles. The summed E-state index contributed by atoms with van der Waals surface area (Å²) < 4.78 is 2.66. The Hall–Kier alpha value is -0.180. The highest BCUT2D eigenvalue weighted by atomic mass is 127. The van der Waals surface area contributed by atoms with Crippen molar-refractivity contribution in [3.8, 4) is 5.13 Å². The second kappa shape index (κ2) is 4.13. The van der Waals surface area contributed by atoms with Crippen LogP contribution in [0.25, 0.3) is 5.13 Å². The van der Waals surface area contributed by atoms with Gasteiger partial charge in [-0.15, -0.1) is 0 Å². The van der Waals surface area contributed by atoms with Crippen LogP contribution in [0.3, 0.4) is 0 Å². The standard InChI is InChI=1S/C7H5ClIN3OS/c8-6-5(3-13)14-7(11-6)12-2-4(9)1-10-12/h1-2,13H,3H2. The molecule has 0 aliphatic rings. The summed E-state index contributed by atoms with van der Waals surface area (Å²) >= 11 is 9.29. The third-order valence-corrected chi connectivity index (χ3v) is 3.54. The van der Waals surface area contributed by atoms with E-state index in [1.807, 2.05) is 6.20 Å². The Morgan fingerprint density at radius 1 is 1.64 bits per heavy atom. The molecular weight excluding hydrogens is 337 g/mol. The van der Waals surface area contributed by atoms with E-state index in [4.69, 9.17) is 16.7 Å². The quantitative estimate of drug-likeness (QED) is 0.851. The summed E-state index contributed by atoms with van der Waals surface area (Å²) in [6.07, 6.45) is 3.57. The maximum Gasteiger partial charge on any atom is 0.212 e. The average Bonchev–Trinajstić information content (AvgIpc) is 2.71. The fourth-order valence-corrected chi connectivity index (χ4v) is 2.36. The van der Waals surface area contributed by atoms with Crippen LogP contribution in [0.15, 0.2) is 12.4 Å². The Balaban J connectivity index is 2.42. The van der Waals surface area contributed by atoms with Crippen molar-refractivity contribution in [2.75, 3.05) is 0 Å². The van der Waals surface area contributed by atoms with Crippen molar-refractivity contribution in [1.82, 2.24) is 14.8 Å². The number of aromatic nitrogens is 3. The first-order chi connectivity index (χ1) is 6.70. The predicted octanol–water partition coefficient (Wildman–Crippen LogP) is 2.08. The highest BCUT2D eigenvalue weighted by molar-refractivity contribution is 14.1. The van der Waals surface area contributed by atoms with E-state index in [0.717, 1.165) is 3.57 Å². The van der Waals surface area contributed by atoms with Crippen LogP contribution in [-0.4, -0.2) is 19.9 Å². The van der Waals surface area contributed by atoms with E-state index in [9.17, 15) is 0 Å². The molecule has 2 aromatic heterocycles. The summed E-state index contributed by atoms with van der Waals surface area (Å²) in [5.41, 5.74) is 0. The minimum absolute atomic E-state index is 0.0884. The van der Waals surface area contributed by atoms with Gasteiger partial charge in [-0.25, -0.2) is 9.67 Å². The minimum atomic E-state index is -0.0884. The lowest BCUT2D eigenvalue weighted by atomic mass is 10.6. The zero-order chi connectivity index (χ0) is 10.1. The maximum atomic E-state index is 8.94. The van der Waals surface area contributed by atoms with E-state index in [-0.39, 0.29) is 6.61 Å². The molecule has 0 radical (unpaired) electrons. The summed E-state index contributed by atoms with van der Waals surface area (Å²) in [6.45, 7) is -0.0884. The van der Waals surface area contributed by atoms with Crippen LogP contribution in [-0.2, 0) is 6.61 Å². The highest BCUT2D eigenvalue weighted by Gasteiger charge is 2.10. The smallest absolute Gasteiger partial charge is 0.212 e. The summed E-state index contributed by atoms with van der Waals surface area (Å²) in [7, 11) is 0. The molecule has 2 rings (SSSR count). The predicted molar refractivity (Wildman–Crippen MR) is 62.9 cm³/mol. The van der Waals surface area contributed by atoms with Gasteiger partial charge < -0.3 is 5.11 Å². The Bertz CT molecular complexity index is 455. The van der Waals surface area contributed by atoms with Crippen molar-refractivity contribution in [1.29, 1.82) is 0 Å². The third kappa shape index (κ3) is 1.92. The first-order valence-electron chi connectivity index (χ1n) is 3.67. The zero-order valence-electron chi connectivity index (χ0n) is 6.81. The van der Waals surface area contributed by atoms with Gasteiger partial charge in [0.05, 0.1) is 21.3 Å². The van der Waals surface area contributed by atoms with Gasteiger partial charge in [0.1, 0.15) is 5.15 Å². The van der Waals surface area contributed by atoms with Gasteiger partial charge in [0.15, 0.2) is 0 Å². The molecule has 0 aromatic carbocycles. The largest absolute Gasteiger partial charge is 0.391 e. The van der Waals surface area contributed by atoms with Crippen molar-refractivity contribution in [2.24, 2.45) is 0 Å². The Kier molecular flexibility index (Phi) is 3.05. The molecule has 0 atom stereocenters. The fourth-order valence-electron chi connectivity index (χ4n) is 0.922. The van der Waals surface area contributed by atoms with Crippen molar-refractivity contribution in [3.63, 3.8) is 0 Å². The van der Waals surface area contributed by atoms with Gasteiger partial charge in [0.25, 0.3) is 0 Å². The third-order valence-electron chi connectivity index (χ3n) is 1.53. The molecule has 14 heavy (non-hydrogen) atoms. The van der Waals surface area contributed by atoms with E-state index in [1.54, 1.807) is 10.9 Å². The van der Waals surface area contributed by atoms with Crippen LogP contribution in [0.4, 0.5) is 0 Å². The molecular formula is C7H5ClIN3OS. The Morgan fingerprint density at radius 3 is 2.93 bits per heavy atom. The number of nitrogens with zero attached hydrogens (tertiary/aromatic N) is 3. The lowest BCUT2D eigenvalue weighted by Crippen LogP contribution is -1.91. The molecule has 0 saturated heterocycles. The molecule has 2 aromatic rings. The molecule has 0 unspecified atom stereocenters. The lowest BCUT2D eigenvalue weighted by molar-refractivity contribution is 0.285. The summed E-state index contributed by atoms with van der Waals surface area (Å²) in [5.74, 6) is 0. The van der Waals surface area contributed by atoms with Crippen LogP contribution >= 0.6 is 45.5 Å². The molecule has 0 fully saturated rings. The topological polar surface area (TPSA) is 50.9 Å². The van der Waals surface area contributed by atoms with E-state index < -0.39 is 0 Å². The first kappa shape index (κ1) is 10.3. The second-order valence-electron chi connectivity index (χ2n) is 2.47. The Labute approximate surface area is 103 Å². The van der Waals surface area contributed by atoms with Gasteiger partial charge in [-0.05, 0) is 22.6 Å². The number of halogens is 2. The monoisotopic (exact) mass is 341 g/mol. The second-order valence-corrected chi connectivity index (χ2v) is 5.14. The van der Waals surface area contributed by atoms with Gasteiger partial charge in [0, 0.05) is 6.20 Å². The molecule has 0 bridgehead atoms. The van der Waals surface area contributed by atoms with Crippen LogP contribution in [0, 0.1) is 3.57 Å². The molecule has 0 aliphatic heterocycles. The van der Waals surface area contributed by atoms with Crippen molar-refractivity contribution in [2.45, 2.75) is 6.61 Å². The van der Waals surface area contributed by atoms with Crippen LogP contribution in [0.1, 0.15) is 4.88 Å². The zero-order valence-corrected chi connectivity index (χ0v) is 10.5. The SMILES string of the molecule is OCc1sc(-n2cc(I)cn2)nc1Cl. The number of aliphatic hydroxyl groups excluding tert-OH is 1. The molecule has 0 amide bonds. The molecule has 7 heteroatoms. The van der Waals surface area contributed by atoms with Crippen LogP contribution in [0.5, 0.6) is 0 Å². The lowest BCUT2D eigenvalue weighted by Gasteiger charge is -1.90. The van der Waals surface area contributed by atoms with Gasteiger partial charge in [-0.2, -0.15) is 5.10 Å². The van der Waals surface area contributed by atoms with E-state index in [1.165, 1.54) is 11.3 Å². The van der Waals surface area contributed by atoms with Crippen molar-refractivity contribution >= 4 is 45.5 Å². The fraction of sp³-hybridized carbons (Fsp3) is 0.143. The highest BCUT2D eigenvalue weighted by Crippen LogP contribution is 2.25. The average molecular weight is 342 g/mol. The molecule has 4 nitrogen and oxygen atoms in total. The summed E-state index contributed by atoms with van der Waals surface area (Å²) in [6, 6.07) is 0. The maximum absolute atomic E-state index is 8.94. The van der Waals surface area contributed by atoms with Crippen LogP contribution < -0.4 is 0 Å². The summed E-state index contributed by atoms with van der Waals surface area (Å²) in [5, 5.41) is 14.0. The van der Waals surface area contributed by atoms with Gasteiger partial charge in [-0.1, -0.05) is 22.9 Å². The van der Waals surface area contributed by atoms with E-state index in [2.05, 4.69) is 32.7 Å². The normalized spacial score (nSPS) is 10.8. The van der Waals surface area contributed by atoms with Gasteiger partial charge in [-0.3, -0.25) is 0 Å². The summed E-state index contributed by atoms with van der Waals surface area (Å²) in [4.78, 5) is 4.75.